The molecular formula is C12H6Cl3NO. The summed E-state index contributed by atoms with van der Waals surface area (Å²) in [5, 5.41) is 1.26. The predicted octanol–water partition coefficient (Wildman–Crippen LogP) is 4.52. The quantitative estimate of drug-likeness (QED) is 0.760. The molecule has 0 aliphatic heterocycles. The van der Waals surface area contributed by atoms with Crippen molar-refractivity contribution >= 4 is 41.1 Å². The van der Waals surface area contributed by atoms with E-state index in [-0.39, 0.29) is 0 Å². The van der Waals surface area contributed by atoms with Crippen LogP contribution in [0.3, 0.4) is 0 Å². The molecule has 0 amide bonds. The maximum absolute atomic E-state index is 10.7. The van der Waals surface area contributed by atoms with E-state index < -0.39 is 0 Å². The second kappa shape index (κ2) is 5.05. The number of pyridine rings is 1. The van der Waals surface area contributed by atoms with E-state index in [2.05, 4.69) is 4.98 Å². The fourth-order valence-corrected chi connectivity index (χ4v) is 2.45. The van der Waals surface area contributed by atoms with Crippen molar-refractivity contribution in [1.29, 1.82) is 0 Å². The molecule has 0 aliphatic carbocycles. The number of aromatic nitrogens is 1. The van der Waals surface area contributed by atoms with Crippen LogP contribution in [0, 0.1) is 0 Å². The molecule has 0 fully saturated rings. The van der Waals surface area contributed by atoms with E-state index in [9.17, 15) is 4.79 Å². The van der Waals surface area contributed by atoms with Crippen molar-refractivity contribution in [2.24, 2.45) is 0 Å². The topological polar surface area (TPSA) is 30.0 Å². The van der Waals surface area contributed by atoms with Gasteiger partial charge in [0.25, 0.3) is 0 Å². The standard InChI is InChI=1S/C12H6Cl3NO/c13-7-4-9(14)12(10(15)5-7)11-3-1-2-8(6-17)16-11/h1-6H. The molecule has 0 atom stereocenters. The lowest BCUT2D eigenvalue weighted by Crippen LogP contribution is -1.91. The van der Waals surface area contributed by atoms with Crippen LogP contribution in [0.1, 0.15) is 10.5 Å². The molecule has 5 heteroatoms. The zero-order valence-electron chi connectivity index (χ0n) is 8.45. The molecular weight excluding hydrogens is 280 g/mol. The van der Waals surface area contributed by atoms with Crippen molar-refractivity contribution in [3.8, 4) is 11.3 Å². The van der Waals surface area contributed by atoms with E-state index in [1.54, 1.807) is 30.3 Å². The Morgan fingerprint density at radius 1 is 1.06 bits per heavy atom. The average molecular weight is 287 g/mol. The molecule has 1 aromatic carbocycles. The highest BCUT2D eigenvalue weighted by atomic mass is 35.5. The number of carbonyl (C=O) groups excluding carboxylic acids is 1. The van der Waals surface area contributed by atoms with E-state index in [1.165, 1.54) is 0 Å². The van der Waals surface area contributed by atoms with Crippen molar-refractivity contribution < 1.29 is 4.79 Å². The molecule has 2 rings (SSSR count). The lowest BCUT2D eigenvalue weighted by Gasteiger charge is -2.07. The van der Waals surface area contributed by atoms with E-state index in [0.29, 0.717) is 38.3 Å². The van der Waals surface area contributed by atoms with Gasteiger partial charge in [-0.15, -0.1) is 0 Å². The number of benzene rings is 1. The molecule has 0 unspecified atom stereocenters. The zero-order valence-corrected chi connectivity index (χ0v) is 10.7. The molecule has 0 N–H and O–H groups in total. The van der Waals surface area contributed by atoms with Gasteiger partial charge in [0.05, 0.1) is 15.7 Å². The maximum atomic E-state index is 10.7. The van der Waals surface area contributed by atoms with Gasteiger partial charge in [-0.05, 0) is 24.3 Å². The van der Waals surface area contributed by atoms with Crippen LogP contribution in [0.25, 0.3) is 11.3 Å². The number of aldehydes is 1. The molecule has 17 heavy (non-hydrogen) atoms. The Kier molecular flexibility index (Phi) is 3.67. The monoisotopic (exact) mass is 285 g/mol. The Bertz CT molecular complexity index is 561. The third kappa shape index (κ3) is 2.60. The Hall–Kier alpha value is -1.09. The van der Waals surface area contributed by atoms with Gasteiger partial charge in [0.2, 0.25) is 0 Å². The summed E-state index contributed by atoms with van der Waals surface area (Å²) in [6, 6.07) is 8.22. The zero-order chi connectivity index (χ0) is 12.4. The van der Waals surface area contributed by atoms with Crippen molar-refractivity contribution in [3.05, 3.63) is 51.1 Å². The second-order valence-electron chi connectivity index (χ2n) is 3.31. The molecule has 0 saturated heterocycles. The van der Waals surface area contributed by atoms with Gasteiger partial charge >= 0.3 is 0 Å². The first-order valence-corrected chi connectivity index (χ1v) is 5.82. The van der Waals surface area contributed by atoms with Crippen LogP contribution >= 0.6 is 34.8 Å². The predicted molar refractivity (Wildman–Crippen MR) is 70.1 cm³/mol. The number of hydrogen-bond donors (Lipinski definition) is 0. The van der Waals surface area contributed by atoms with Gasteiger partial charge in [0, 0.05) is 10.6 Å². The fourth-order valence-electron chi connectivity index (χ4n) is 1.44. The van der Waals surface area contributed by atoms with Crippen molar-refractivity contribution in [2.45, 2.75) is 0 Å². The van der Waals surface area contributed by atoms with Gasteiger partial charge in [-0.25, -0.2) is 4.98 Å². The van der Waals surface area contributed by atoms with E-state index in [1.807, 2.05) is 0 Å². The minimum absolute atomic E-state index is 0.324. The van der Waals surface area contributed by atoms with Gasteiger partial charge in [-0.3, -0.25) is 4.79 Å². The molecule has 2 aromatic rings. The van der Waals surface area contributed by atoms with Gasteiger partial charge in [0.1, 0.15) is 5.69 Å². The fraction of sp³-hybridized carbons (Fsp3) is 0. The molecule has 0 spiro atoms. The number of carbonyl (C=O) groups is 1. The molecule has 1 aromatic heterocycles. The Labute approximate surface area is 113 Å². The summed E-state index contributed by atoms with van der Waals surface area (Å²) in [6.07, 6.45) is 0.668. The summed E-state index contributed by atoms with van der Waals surface area (Å²) >= 11 is 18.0. The highest BCUT2D eigenvalue weighted by molar-refractivity contribution is 6.41. The minimum Gasteiger partial charge on any atom is -0.296 e. The van der Waals surface area contributed by atoms with Crippen molar-refractivity contribution in [2.75, 3.05) is 0 Å². The Morgan fingerprint density at radius 3 is 2.29 bits per heavy atom. The molecule has 0 bridgehead atoms. The van der Waals surface area contributed by atoms with Crippen LogP contribution in [0.2, 0.25) is 15.1 Å². The van der Waals surface area contributed by atoms with Gasteiger partial charge in [-0.1, -0.05) is 40.9 Å². The van der Waals surface area contributed by atoms with Crippen LogP contribution in [-0.4, -0.2) is 11.3 Å². The van der Waals surface area contributed by atoms with Crippen LogP contribution in [0.4, 0.5) is 0 Å². The van der Waals surface area contributed by atoms with Crippen LogP contribution in [-0.2, 0) is 0 Å². The summed E-state index contributed by atoms with van der Waals surface area (Å²) in [5.41, 5.74) is 1.44. The molecule has 1 heterocycles. The Morgan fingerprint density at radius 2 is 1.71 bits per heavy atom. The molecule has 86 valence electrons. The van der Waals surface area contributed by atoms with E-state index in [4.69, 9.17) is 34.8 Å². The third-order valence-electron chi connectivity index (χ3n) is 2.15. The first-order valence-electron chi connectivity index (χ1n) is 4.69. The Balaban J connectivity index is 2.63. The number of halogens is 3. The largest absolute Gasteiger partial charge is 0.296 e. The van der Waals surface area contributed by atoms with Gasteiger partial charge < -0.3 is 0 Å². The average Bonchev–Trinajstić information content (AvgIpc) is 2.28. The molecule has 0 aliphatic rings. The maximum Gasteiger partial charge on any atom is 0.168 e. The SMILES string of the molecule is O=Cc1cccc(-c2c(Cl)cc(Cl)cc2Cl)n1. The summed E-state index contributed by atoms with van der Waals surface area (Å²) in [7, 11) is 0. The second-order valence-corrected chi connectivity index (χ2v) is 4.56. The molecule has 2 nitrogen and oxygen atoms in total. The first-order chi connectivity index (χ1) is 8.11. The highest BCUT2D eigenvalue weighted by Crippen LogP contribution is 2.36. The summed E-state index contributed by atoms with van der Waals surface area (Å²) in [4.78, 5) is 14.8. The minimum atomic E-state index is 0.324. The van der Waals surface area contributed by atoms with Crippen LogP contribution < -0.4 is 0 Å². The number of nitrogens with zero attached hydrogens (tertiary/aromatic N) is 1. The summed E-state index contributed by atoms with van der Waals surface area (Å²) < 4.78 is 0. The lowest BCUT2D eigenvalue weighted by atomic mass is 10.1. The smallest absolute Gasteiger partial charge is 0.168 e. The highest BCUT2D eigenvalue weighted by Gasteiger charge is 2.11. The van der Waals surface area contributed by atoms with Gasteiger partial charge in [-0.2, -0.15) is 0 Å². The van der Waals surface area contributed by atoms with Crippen molar-refractivity contribution in [3.63, 3.8) is 0 Å². The normalized spacial score (nSPS) is 10.3. The third-order valence-corrected chi connectivity index (χ3v) is 2.97. The van der Waals surface area contributed by atoms with Crippen LogP contribution in [0.15, 0.2) is 30.3 Å². The first kappa shape index (κ1) is 12.4. The summed E-state index contributed by atoms with van der Waals surface area (Å²) in [6.45, 7) is 0. The van der Waals surface area contributed by atoms with Gasteiger partial charge in [0.15, 0.2) is 6.29 Å². The number of rotatable bonds is 2. The van der Waals surface area contributed by atoms with Crippen LogP contribution in [0.5, 0.6) is 0 Å². The van der Waals surface area contributed by atoms with E-state index >= 15 is 0 Å². The summed E-state index contributed by atoms with van der Waals surface area (Å²) in [5.74, 6) is 0. The molecule has 0 saturated carbocycles. The molecule has 0 radical (unpaired) electrons. The number of hydrogen-bond acceptors (Lipinski definition) is 2. The van der Waals surface area contributed by atoms with Crippen molar-refractivity contribution in [1.82, 2.24) is 4.98 Å². The lowest BCUT2D eigenvalue weighted by molar-refractivity contribution is 0.111. The van der Waals surface area contributed by atoms with E-state index in [0.717, 1.165) is 0 Å².